The summed E-state index contributed by atoms with van der Waals surface area (Å²) in [6.45, 7) is 0. The Balaban J connectivity index is 0.00000144. The molecule has 0 aromatic carbocycles. The van der Waals surface area contributed by atoms with Crippen molar-refractivity contribution in [2.75, 3.05) is 0 Å². The first-order chi connectivity index (χ1) is 5.34. The van der Waals surface area contributed by atoms with Crippen LogP contribution < -0.4 is 29.6 Å². The third-order valence-electron chi connectivity index (χ3n) is 1.06. The molecule has 0 aliphatic rings. The van der Waals surface area contributed by atoms with Crippen molar-refractivity contribution in [1.29, 1.82) is 0 Å². The average Bonchev–Trinajstić information content (AvgIpc) is 2.15. The molecule has 1 aromatic heterocycles. The number of aromatic nitrogens is 1. The number of nitrogens with zero attached hydrogens (tertiary/aromatic N) is 1. The normalized spacial score (nSPS) is 11.1. The van der Waals surface area contributed by atoms with Crippen LogP contribution in [0.3, 0.4) is 0 Å². The van der Waals surface area contributed by atoms with Crippen LogP contribution in [-0.4, -0.2) is 16.9 Å². The summed E-state index contributed by atoms with van der Waals surface area (Å²) in [5.41, 5.74) is 0. The smallest absolute Gasteiger partial charge is 0.731 e. The molecule has 0 saturated carbocycles. The molecule has 13 heavy (non-hydrogen) atoms. The van der Waals surface area contributed by atoms with Gasteiger partial charge in [0.2, 0.25) is 0 Å². The minimum Gasteiger partial charge on any atom is -0.731 e. The van der Waals surface area contributed by atoms with Gasteiger partial charge in [-0.1, -0.05) is 0 Å². The maximum absolute atomic E-state index is 10.6. The topological polar surface area (TPSA) is 62.1 Å². The van der Waals surface area contributed by atoms with E-state index in [0.717, 1.165) is 6.20 Å². The molecule has 0 unspecified atom stereocenters. The summed E-state index contributed by atoms with van der Waals surface area (Å²) in [4.78, 5) is 0. The van der Waals surface area contributed by atoms with Gasteiger partial charge in [-0.05, 0) is 47.8 Å². The second kappa shape index (κ2) is 5.11. The first-order valence-corrected chi connectivity index (χ1v) is 6.26. The number of rotatable bonds is 1. The van der Waals surface area contributed by atoms with E-state index in [-0.39, 0.29) is 34.2 Å². The second-order valence-electron chi connectivity index (χ2n) is 1.84. The third kappa shape index (κ3) is 3.30. The molecule has 9 heteroatoms. The summed E-state index contributed by atoms with van der Waals surface area (Å²) in [5, 5.41) is 0. The Morgan fingerprint density at radius 2 is 1.77 bits per heavy atom. The largest absolute Gasteiger partial charge is 1.00 e. The van der Waals surface area contributed by atoms with Gasteiger partial charge in [0.15, 0.2) is 10.3 Å². The molecule has 0 radical (unpaired) electrons. The van der Waals surface area contributed by atoms with Gasteiger partial charge in [0.1, 0.15) is 4.60 Å². The van der Waals surface area contributed by atoms with Crippen molar-refractivity contribution in [3.63, 3.8) is 0 Å². The summed E-state index contributed by atoms with van der Waals surface area (Å²) in [6.07, 6.45) is 1.16. The van der Waals surface area contributed by atoms with Crippen LogP contribution in [0.1, 0.15) is 0 Å². The molecule has 1 rings (SSSR count). The van der Waals surface area contributed by atoms with Gasteiger partial charge in [0, 0.05) is 6.20 Å². The van der Waals surface area contributed by atoms with E-state index in [2.05, 4.69) is 47.8 Å². The van der Waals surface area contributed by atoms with E-state index in [1.807, 2.05) is 0 Å². The maximum Gasteiger partial charge on any atom is 1.00 e. The van der Waals surface area contributed by atoms with Crippen molar-refractivity contribution in [3.8, 4) is 0 Å². The van der Waals surface area contributed by atoms with E-state index >= 15 is 0 Å². The number of hydrogen-bond acceptors (Lipinski definition) is 3. The van der Waals surface area contributed by atoms with Gasteiger partial charge in [-0.25, -0.2) is 12.4 Å². The van der Waals surface area contributed by atoms with Gasteiger partial charge in [-0.3, -0.25) is 0 Å². The van der Waals surface area contributed by atoms with Crippen LogP contribution in [-0.2, 0) is 10.3 Å². The summed E-state index contributed by atoms with van der Waals surface area (Å²) in [7, 11) is -4.48. The third-order valence-corrected chi connectivity index (χ3v) is 5.31. The van der Waals surface area contributed by atoms with E-state index in [4.69, 9.17) is 0 Å². The first kappa shape index (κ1) is 14.6. The van der Waals surface area contributed by atoms with Crippen molar-refractivity contribution in [2.24, 2.45) is 0 Å². The second-order valence-corrected chi connectivity index (χ2v) is 5.48. The molecule has 0 bridgehead atoms. The van der Waals surface area contributed by atoms with Crippen LogP contribution >= 0.6 is 47.8 Å². The van der Waals surface area contributed by atoms with E-state index in [1.54, 1.807) is 0 Å². The van der Waals surface area contributed by atoms with Crippen molar-refractivity contribution >= 4 is 58.1 Å². The molecule has 0 saturated heterocycles. The van der Waals surface area contributed by atoms with Gasteiger partial charge in [0.05, 0.1) is 8.95 Å². The number of halogens is 3. The van der Waals surface area contributed by atoms with Crippen molar-refractivity contribution in [1.82, 2.24) is 3.97 Å². The maximum atomic E-state index is 10.6. The monoisotopic (exact) mass is 403 g/mol. The Morgan fingerprint density at radius 3 is 1.92 bits per heavy atom. The Kier molecular flexibility index (Phi) is 5.75. The van der Waals surface area contributed by atoms with E-state index in [9.17, 15) is 13.0 Å². The quantitative estimate of drug-likeness (QED) is 0.449. The summed E-state index contributed by atoms with van der Waals surface area (Å²) in [5.74, 6) is 0. The molecular weight excluding hydrogens is 405 g/mol. The molecule has 0 N–H and O–H groups in total. The molecule has 0 amide bonds. The van der Waals surface area contributed by atoms with Crippen LogP contribution in [0.5, 0.6) is 0 Å². The van der Waals surface area contributed by atoms with Gasteiger partial charge < -0.3 is 4.55 Å². The van der Waals surface area contributed by atoms with E-state index < -0.39 is 10.3 Å². The molecule has 0 aliphatic heterocycles. The first-order valence-electron chi connectivity index (χ1n) is 2.52. The molecule has 0 spiro atoms. The molecule has 1 aromatic rings. The molecule has 0 aliphatic carbocycles. The Morgan fingerprint density at radius 1 is 1.31 bits per heavy atom. The van der Waals surface area contributed by atoms with Crippen LogP contribution in [0, 0.1) is 0 Å². The fourth-order valence-corrected chi connectivity index (χ4v) is 3.15. The van der Waals surface area contributed by atoms with Gasteiger partial charge in [-0.2, -0.15) is 0 Å². The standard InChI is InChI=1S/C4H2Br3NO3S.Na/c5-2-1-8(12(9,10)11)4(7)3(2)6;/h1H,(H,9,10,11);/q;+1/p-1. The molecule has 1 heterocycles. The Hall–Kier alpha value is 1.63. The summed E-state index contributed by atoms with van der Waals surface area (Å²) >= 11 is 9.08. The van der Waals surface area contributed by atoms with Crippen LogP contribution in [0.4, 0.5) is 0 Å². The Labute approximate surface area is 123 Å². The zero-order valence-electron chi connectivity index (χ0n) is 6.29. The predicted molar refractivity (Wildman–Crippen MR) is 52.6 cm³/mol. The van der Waals surface area contributed by atoms with Crippen LogP contribution in [0.15, 0.2) is 19.7 Å². The SMILES string of the molecule is O=S(=O)([O-])n1cc(Br)c(Br)c1Br.[Na+]. The molecule has 4 nitrogen and oxygen atoms in total. The fourth-order valence-electron chi connectivity index (χ4n) is 0.574. The zero-order valence-corrected chi connectivity index (χ0v) is 13.9. The van der Waals surface area contributed by atoms with Crippen molar-refractivity contribution in [2.45, 2.75) is 0 Å². The van der Waals surface area contributed by atoms with Crippen molar-refractivity contribution < 1.29 is 42.5 Å². The summed E-state index contributed by atoms with van der Waals surface area (Å²) < 4.78 is 33.4. The van der Waals surface area contributed by atoms with Crippen LogP contribution in [0.2, 0.25) is 0 Å². The Bertz CT molecular complexity index is 415. The molecular formula is C4HBr3NNaO3S. The minimum absolute atomic E-state index is 0. The van der Waals surface area contributed by atoms with Crippen LogP contribution in [0.25, 0.3) is 0 Å². The van der Waals surface area contributed by atoms with Crippen molar-refractivity contribution in [3.05, 3.63) is 19.7 Å². The molecule has 68 valence electrons. The molecule has 0 fully saturated rings. The summed E-state index contributed by atoms with van der Waals surface area (Å²) in [6, 6.07) is 0. The fraction of sp³-hybridized carbons (Fsp3) is 0. The van der Waals surface area contributed by atoms with E-state index in [0.29, 0.717) is 12.9 Å². The predicted octanol–water partition coefficient (Wildman–Crippen LogP) is -0.912. The van der Waals surface area contributed by atoms with E-state index in [1.165, 1.54) is 0 Å². The van der Waals surface area contributed by atoms with Gasteiger partial charge >= 0.3 is 29.6 Å². The minimum atomic E-state index is -4.48. The average molecular weight is 406 g/mol. The molecule has 0 atom stereocenters. The van der Waals surface area contributed by atoms with Gasteiger partial charge in [0.25, 0.3) is 0 Å². The number of hydrogen-bond donors (Lipinski definition) is 0. The van der Waals surface area contributed by atoms with Gasteiger partial charge in [-0.15, -0.1) is 0 Å². The zero-order chi connectivity index (χ0) is 9.52.